The standard InChI is InChI=1S/C16H22O3/c1-11-5-3-7-13(9-11)15(17)19-16(18)14-8-4-6-12(2)10-14/h3-4,7-8,11-14H,5-6,9-10H2,1-2H3/t11-,12-,13+,14+/m1/s1. The molecule has 0 aromatic heterocycles. The van der Waals surface area contributed by atoms with E-state index in [0.29, 0.717) is 11.8 Å². The molecule has 104 valence electrons. The summed E-state index contributed by atoms with van der Waals surface area (Å²) < 4.78 is 5.05. The SMILES string of the molecule is C[C@@H]1CC=C[C@H](C(=O)OC(=O)[C@H]2C=CC[C@@H](C)C2)C1. The number of hydrogen-bond acceptors (Lipinski definition) is 3. The van der Waals surface area contributed by atoms with Crippen molar-refractivity contribution in [1.82, 2.24) is 0 Å². The van der Waals surface area contributed by atoms with Gasteiger partial charge in [-0.2, -0.15) is 0 Å². The zero-order valence-electron chi connectivity index (χ0n) is 11.7. The van der Waals surface area contributed by atoms with Crippen LogP contribution >= 0.6 is 0 Å². The van der Waals surface area contributed by atoms with Crippen LogP contribution < -0.4 is 0 Å². The van der Waals surface area contributed by atoms with E-state index in [9.17, 15) is 9.59 Å². The fourth-order valence-electron chi connectivity index (χ4n) is 2.77. The van der Waals surface area contributed by atoms with Gasteiger partial charge in [-0.25, -0.2) is 0 Å². The first kappa shape index (κ1) is 14.0. The topological polar surface area (TPSA) is 43.4 Å². The maximum absolute atomic E-state index is 12.0. The number of ether oxygens (including phenoxy) is 1. The van der Waals surface area contributed by atoms with Crippen molar-refractivity contribution >= 4 is 11.9 Å². The van der Waals surface area contributed by atoms with Crippen LogP contribution in [0, 0.1) is 23.7 Å². The molecule has 0 radical (unpaired) electrons. The summed E-state index contributed by atoms with van der Waals surface area (Å²) in [5, 5.41) is 0. The quantitative estimate of drug-likeness (QED) is 0.436. The Morgan fingerprint density at radius 3 is 1.68 bits per heavy atom. The van der Waals surface area contributed by atoms with Crippen LogP contribution in [-0.4, -0.2) is 11.9 Å². The highest BCUT2D eigenvalue weighted by molar-refractivity contribution is 5.89. The molecule has 2 aliphatic carbocycles. The summed E-state index contributed by atoms with van der Waals surface area (Å²) in [6.07, 6.45) is 11.3. The van der Waals surface area contributed by atoms with Crippen molar-refractivity contribution in [1.29, 1.82) is 0 Å². The molecule has 0 saturated heterocycles. The summed E-state index contributed by atoms with van der Waals surface area (Å²) in [5.41, 5.74) is 0. The van der Waals surface area contributed by atoms with Crippen LogP contribution in [0.2, 0.25) is 0 Å². The molecule has 3 nitrogen and oxygen atoms in total. The first-order valence-electron chi connectivity index (χ1n) is 7.15. The normalized spacial score (nSPS) is 34.0. The van der Waals surface area contributed by atoms with Crippen molar-refractivity contribution < 1.29 is 14.3 Å². The van der Waals surface area contributed by atoms with Gasteiger partial charge in [-0.3, -0.25) is 9.59 Å². The van der Waals surface area contributed by atoms with Gasteiger partial charge in [0.25, 0.3) is 0 Å². The Morgan fingerprint density at radius 2 is 1.32 bits per heavy atom. The van der Waals surface area contributed by atoms with E-state index in [0.717, 1.165) is 25.7 Å². The van der Waals surface area contributed by atoms with E-state index in [2.05, 4.69) is 13.8 Å². The molecule has 2 aliphatic rings. The van der Waals surface area contributed by atoms with Crippen LogP contribution in [0.3, 0.4) is 0 Å². The van der Waals surface area contributed by atoms with Crippen molar-refractivity contribution in [3.63, 3.8) is 0 Å². The second kappa shape index (κ2) is 6.18. The number of allylic oxidation sites excluding steroid dienone is 2. The first-order chi connectivity index (χ1) is 9.06. The van der Waals surface area contributed by atoms with E-state index in [-0.39, 0.29) is 23.8 Å². The van der Waals surface area contributed by atoms with Crippen LogP contribution in [0.5, 0.6) is 0 Å². The third-order valence-electron chi connectivity index (χ3n) is 3.93. The van der Waals surface area contributed by atoms with Gasteiger partial charge in [0, 0.05) is 0 Å². The van der Waals surface area contributed by atoms with Gasteiger partial charge in [-0.15, -0.1) is 0 Å². The van der Waals surface area contributed by atoms with Gasteiger partial charge in [0.2, 0.25) is 0 Å². The molecule has 0 spiro atoms. The lowest BCUT2D eigenvalue weighted by Gasteiger charge is -2.22. The van der Waals surface area contributed by atoms with E-state index in [1.807, 2.05) is 24.3 Å². The average Bonchev–Trinajstić information content (AvgIpc) is 2.38. The molecule has 0 unspecified atom stereocenters. The van der Waals surface area contributed by atoms with Gasteiger partial charge >= 0.3 is 11.9 Å². The molecule has 19 heavy (non-hydrogen) atoms. The highest BCUT2D eigenvalue weighted by Crippen LogP contribution is 2.26. The Hall–Kier alpha value is -1.38. The fraction of sp³-hybridized carbons (Fsp3) is 0.625. The van der Waals surface area contributed by atoms with Crippen molar-refractivity contribution in [2.24, 2.45) is 23.7 Å². The molecule has 0 saturated carbocycles. The minimum Gasteiger partial charge on any atom is -0.392 e. The molecule has 0 amide bonds. The van der Waals surface area contributed by atoms with E-state index in [4.69, 9.17) is 4.74 Å². The summed E-state index contributed by atoms with van der Waals surface area (Å²) in [7, 11) is 0. The highest BCUT2D eigenvalue weighted by atomic mass is 16.6. The summed E-state index contributed by atoms with van der Waals surface area (Å²) in [5.74, 6) is -0.325. The van der Waals surface area contributed by atoms with Crippen molar-refractivity contribution in [3.05, 3.63) is 24.3 Å². The first-order valence-corrected chi connectivity index (χ1v) is 7.15. The zero-order chi connectivity index (χ0) is 13.8. The number of carbonyl (C=O) groups is 2. The van der Waals surface area contributed by atoms with Crippen LogP contribution in [0.25, 0.3) is 0 Å². The van der Waals surface area contributed by atoms with Gasteiger partial charge in [0.15, 0.2) is 0 Å². The molecule has 0 heterocycles. The number of rotatable bonds is 2. The lowest BCUT2D eigenvalue weighted by Crippen LogP contribution is -2.28. The van der Waals surface area contributed by atoms with Gasteiger partial charge in [0.05, 0.1) is 11.8 Å². The summed E-state index contributed by atoms with van der Waals surface area (Å²) in [6, 6.07) is 0. The maximum atomic E-state index is 12.0. The Morgan fingerprint density at radius 1 is 0.895 bits per heavy atom. The fourth-order valence-corrected chi connectivity index (χ4v) is 2.77. The minimum absolute atomic E-state index is 0.252. The smallest absolute Gasteiger partial charge is 0.320 e. The van der Waals surface area contributed by atoms with Crippen molar-refractivity contribution in [2.75, 3.05) is 0 Å². The van der Waals surface area contributed by atoms with Gasteiger partial charge in [-0.1, -0.05) is 38.2 Å². The molecule has 0 aromatic carbocycles. The zero-order valence-corrected chi connectivity index (χ0v) is 11.7. The van der Waals surface area contributed by atoms with Gasteiger partial charge < -0.3 is 4.74 Å². The molecular weight excluding hydrogens is 240 g/mol. The minimum atomic E-state index is -0.389. The van der Waals surface area contributed by atoms with E-state index in [1.165, 1.54) is 0 Å². The number of hydrogen-bond donors (Lipinski definition) is 0. The summed E-state index contributed by atoms with van der Waals surface area (Å²) >= 11 is 0. The largest absolute Gasteiger partial charge is 0.392 e. The number of carbonyl (C=O) groups excluding carboxylic acids is 2. The van der Waals surface area contributed by atoms with Gasteiger partial charge in [-0.05, 0) is 37.5 Å². The third-order valence-corrected chi connectivity index (χ3v) is 3.93. The molecular formula is C16H22O3. The molecule has 2 rings (SSSR count). The van der Waals surface area contributed by atoms with Crippen molar-refractivity contribution in [2.45, 2.75) is 39.5 Å². The average molecular weight is 262 g/mol. The molecule has 0 aliphatic heterocycles. The molecule has 0 N–H and O–H groups in total. The van der Waals surface area contributed by atoms with E-state index < -0.39 is 0 Å². The Bertz CT molecular complexity index is 370. The molecule has 0 fully saturated rings. The monoisotopic (exact) mass is 262 g/mol. The summed E-state index contributed by atoms with van der Waals surface area (Å²) in [4.78, 5) is 23.9. The Balaban J connectivity index is 1.90. The Kier molecular flexibility index (Phi) is 4.56. The van der Waals surface area contributed by atoms with E-state index >= 15 is 0 Å². The predicted octanol–water partition coefficient (Wildman–Crippen LogP) is 3.26. The maximum Gasteiger partial charge on any atom is 0.320 e. The second-order valence-electron chi connectivity index (χ2n) is 5.96. The third kappa shape index (κ3) is 3.79. The molecule has 0 bridgehead atoms. The lowest BCUT2D eigenvalue weighted by molar-refractivity contribution is -0.164. The van der Waals surface area contributed by atoms with Crippen LogP contribution in [0.1, 0.15) is 39.5 Å². The predicted molar refractivity (Wildman–Crippen MR) is 73.2 cm³/mol. The summed E-state index contributed by atoms with van der Waals surface area (Å²) in [6.45, 7) is 4.22. The van der Waals surface area contributed by atoms with Crippen LogP contribution in [-0.2, 0) is 14.3 Å². The lowest BCUT2D eigenvalue weighted by atomic mass is 9.87. The molecule has 4 atom stereocenters. The van der Waals surface area contributed by atoms with Gasteiger partial charge in [0.1, 0.15) is 0 Å². The molecule has 0 aromatic rings. The number of esters is 2. The second-order valence-corrected chi connectivity index (χ2v) is 5.96. The Labute approximate surface area is 114 Å². The van der Waals surface area contributed by atoms with Crippen LogP contribution in [0.15, 0.2) is 24.3 Å². The molecule has 3 heteroatoms. The van der Waals surface area contributed by atoms with Crippen LogP contribution in [0.4, 0.5) is 0 Å². The van der Waals surface area contributed by atoms with Crippen molar-refractivity contribution in [3.8, 4) is 0 Å². The highest BCUT2D eigenvalue weighted by Gasteiger charge is 2.28. The van der Waals surface area contributed by atoms with E-state index in [1.54, 1.807) is 0 Å².